The van der Waals surface area contributed by atoms with Gasteiger partial charge in [-0.1, -0.05) is 54.6 Å². The third-order valence-corrected chi connectivity index (χ3v) is 3.45. The molecule has 0 amide bonds. The van der Waals surface area contributed by atoms with Crippen LogP contribution in [0.15, 0.2) is 54.6 Å². The Morgan fingerprint density at radius 1 is 0.944 bits per heavy atom. The number of hydrogen-bond donors (Lipinski definition) is 1. The lowest BCUT2D eigenvalue weighted by molar-refractivity contribution is 0.611. The number of nitrogens with two attached hydrogens (primary N) is 1. The molecule has 1 heteroatoms. The van der Waals surface area contributed by atoms with Gasteiger partial charge in [-0.05, 0) is 42.9 Å². The zero-order valence-corrected chi connectivity index (χ0v) is 11.0. The van der Waals surface area contributed by atoms with Gasteiger partial charge in [0.15, 0.2) is 0 Å². The molecule has 0 bridgehead atoms. The molecule has 1 unspecified atom stereocenters. The fourth-order valence-corrected chi connectivity index (χ4v) is 2.27. The quantitative estimate of drug-likeness (QED) is 0.838. The average molecular weight is 239 g/mol. The molecule has 1 nitrogen and oxygen atoms in total. The highest BCUT2D eigenvalue weighted by Crippen LogP contribution is 2.18. The zero-order valence-electron chi connectivity index (χ0n) is 11.0. The van der Waals surface area contributed by atoms with Crippen LogP contribution in [0.5, 0.6) is 0 Å². The van der Waals surface area contributed by atoms with Gasteiger partial charge < -0.3 is 5.73 Å². The van der Waals surface area contributed by atoms with Crippen LogP contribution in [0.3, 0.4) is 0 Å². The standard InChI is InChI=1S/C17H21N/c1-14-8-5-6-9-15(14)12-7-13-17(18)16-10-3-2-4-11-16/h2-6,8-11,17H,7,12-13,18H2,1H3. The molecule has 0 aliphatic rings. The van der Waals surface area contributed by atoms with Crippen LogP contribution in [-0.4, -0.2) is 0 Å². The Kier molecular flexibility index (Phi) is 4.54. The second-order valence-corrected chi connectivity index (χ2v) is 4.84. The smallest absolute Gasteiger partial charge is 0.0294 e. The molecule has 0 aliphatic carbocycles. The van der Waals surface area contributed by atoms with E-state index in [0.717, 1.165) is 19.3 Å². The maximum Gasteiger partial charge on any atom is 0.0294 e. The zero-order chi connectivity index (χ0) is 12.8. The van der Waals surface area contributed by atoms with Crippen LogP contribution in [0.25, 0.3) is 0 Å². The first-order chi connectivity index (χ1) is 8.77. The Morgan fingerprint density at radius 2 is 1.61 bits per heavy atom. The number of aryl methyl sites for hydroxylation is 2. The molecule has 0 spiro atoms. The molecule has 0 aliphatic heterocycles. The molecule has 18 heavy (non-hydrogen) atoms. The van der Waals surface area contributed by atoms with Gasteiger partial charge in [0.1, 0.15) is 0 Å². The summed E-state index contributed by atoms with van der Waals surface area (Å²) in [6, 6.07) is 19.1. The van der Waals surface area contributed by atoms with Crippen molar-refractivity contribution in [2.45, 2.75) is 32.2 Å². The van der Waals surface area contributed by atoms with Crippen LogP contribution in [0, 0.1) is 6.92 Å². The molecular weight excluding hydrogens is 218 g/mol. The molecule has 2 rings (SSSR count). The van der Waals surface area contributed by atoms with Gasteiger partial charge in [0.05, 0.1) is 0 Å². The normalized spacial score (nSPS) is 12.3. The first-order valence-corrected chi connectivity index (χ1v) is 6.62. The summed E-state index contributed by atoms with van der Waals surface area (Å²) >= 11 is 0. The van der Waals surface area contributed by atoms with Crippen LogP contribution in [-0.2, 0) is 6.42 Å². The van der Waals surface area contributed by atoms with Crippen molar-refractivity contribution in [3.8, 4) is 0 Å². The second-order valence-electron chi connectivity index (χ2n) is 4.84. The summed E-state index contributed by atoms with van der Waals surface area (Å²) in [6.07, 6.45) is 3.30. The molecule has 0 fully saturated rings. The van der Waals surface area contributed by atoms with E-state index < -0.39 is 0 Å². The second kappa shape index (κ2) is 6.36. The van der Waals surface area contributed by atoms with Crippen molar-refractivity contribution in [2.75, 3.05) is 0 Å². The summed E-state index contributed by atoms with van der Waals surface area (Å²) in [7, 11) is 0. The lowest BCUT2D eigenvalue weighted by Crippen LogP contribution is -2.10. The molecule has 2 aromatic carbocycles. The van der Waals surface area contributed by atoms with Gasteiger partial charge in [0, 0.05) is 6.04 Å². The average Bonchev–Trinajstić information content (AvgIpc) is 2.42. The van der Waals surface area contributed by atoms with Crippen molar-refractivity contribution < 1.29 is 0 Å². The van der Waals surface area contributed by atoms with E-state index in [4.69, 9.17) is 5.73 Å². The lowest BCUT2D eigenvalue weighted by atomic mass is 9.98. The predicted octanol–water partition coefficient (Wildman–Crippen LogP) is 4.02. The van der Waals surface area contributed by atoms with Gasteiger partial charge in [-0.3, -0.25) is 0 Å². The molecule has 0 heterocycles. The van der Waals surface area contributed by atoms with Gasteiger partial charge in [0.25, 0.3) is 0 Å². The van der Waals surface area contributed by atoms with Crippen molar-refractivity contribution in [2.24, 2.45) is 5.73 Å². The van der Waals surface area contributed by atoms with Gasteiger partial charge in [-0.25, -0.2) is 0 Å². The monoisotopic (exact) mass is 239 g/mol. The van der Waals surface area contributed by atoms with E-state index in [9.17, 15) is 0 Å². The first-order valence-electron chi connectivity index (χ1n) is 6.62. The first kappa shape index (κ1) is 12.8. The highest BCUT2D eigenvalue weighted by Gasteiger charge is 2.05. The van der Waals surface area contributed by atoms with Crippen LogP contribution in [0.1, 0.15) is 35.6 Å². The number of benzene rings is 2. The molecule has 2 aromatic rings. The third-order valence-electron chi connectivity index (χ3n) is 3.45. The summed E-state index contributed by atoms with van der Waals surface area (Å²) < 4.78 is 0. The van der Waals surface area contributed by atoms with E-state index in [1.54, 1.807) is 0 Å². The van der Waals surface area contributed by atoms with E-state index >= 15 is 0 Å². The van der Waals surface area contributed by atoms with Crippen molar-refractivity contribution in [3.63, 3.8) is 0 Å². The Hall–Kier alpha value is -1.60. The topological polar surface area (TPSA) is 26.0 Å². The van der Waals surface area contributed by atoms with Crippen LogP contribution in [0.4, 0.5) is 0 Å². The summed E-state index contributed by atoms with van der Waals surface area (Å²) in [5.41, 5.74) is 10.3. The Labute approximate surface area is 110 Å². The summed E-state index contributed by atoms with van der Waals surface area (Å²) in [5.74, 6) is 0. The highest BCUT2D eigenvalue weighted by atomic mass is 14.6. The van der Waals surface area contributed by atoms with Crippen LogP contribution in [0.2, 0.25) is 0 Å². The molecule has 0 aromatic heterocycles. The van der Waals surface area contributed by atoms with E-state index in [1.165, 1.54) is 16.7 Å². The van der Waals surface area contributed by atoms with Gasteiger partial charge in [0.2, 0.25) is 0 Å². The number of hydrogen-bond acceptors (Lipinski definition) is 1. The molecule has 1 atom stereocenters. The van der Waals surface area contributed by atoms with Gasteiger partial charge in [-0.2, -0.15) is 0 Å². The van der Waals surface area contributed by atoms with E-state index in [1.807, 2.05) is 6.07 Å². The fourth-order valence-electron chi connectivity index (χ4n) is 2.27. The van der Waals surface area contributed by atoms with Crippen LogP contribution >= 0.6 is 0 Å². The molecule has 0 saturated carbocycles. The maximum absolute atomic E-state index is 6.20. The highest BCUT2D eigenvalue weighted by molar-refractivity contribution is 5.25. The molecule has 0 saturated heterocycles. The minimum atomic E-state index is 0.162. The van der Waals surface area contributed by atoms with Crippen molar-refractivity contribution >= 4 is 0 Å². The van der Waals surface area contributed by atoms with Gasteiger partial charge >= 0.3 is 0 Å². The minimum Gasteiger partial charge on any atom is -0.324 e. The maximum atomic E-state index is 6.20. The summed E-state index contributed by atoms with van der Waals surface area (Å²) in [6.45, 7) is 2.17. The Balaban J connectivity index is 1.84. The van der Waals surface area contributed by atoms with Gasteiger partial charge in [-0.15, -0.1) is 0 Å². The minimum absolute atomic E-state index is 0.162. The fraction of sp³-hybridized carbons (Fsp3) is 0.294. The molecule has 2 N–H and O–H groups in total. The molecular formula is C17H21N. The lowest BCUT2D eigenvalue weighted by Gasteiger charge is -2.12. The van der Waals surface area contributed by atoms with Crippen LogP contribution < -0.4 is 5.73 Å². The van der Waals surface area contributed by atoms with E-state index in [-0.39, 0.29) is 6.04 Å². The van der Waals surface area contributed by atoms with Crippen molar-refractivity contribution in [1.82, 2.24) is 0 Å². The van der Waals surface area contributed by atoms with Crippen molar-refractivity contribution in [3.05, 3.63) is 71.3 Å². The Morgan fingerprint density at radius 3 is 2.33 bits per heavy atom. The molecule has 0 radical (unpaired) electrons. The number of rotatable bonds is 5. The summed E-state index contributed by atoms with van der Waals surface area (Å²) in [4.78, 5) is 0. The summed E-state index contributed by atoms with van der Waals surface area (Å²) in [5, 5.41) is 0. The SMILES string of the molecule is Cc1ccccc1CCCC(N)c1ccccc1. The molecule has 94 valence electrons. The largest absolute Gasteiger partial charge is 0.324 e. The van der Waals surface area contributed by atoms with E-state index in [2.05, 4.69) is 55.5 Å². The Bertz CT molecular complexity index is 476. The predicted molar refractivity (Wildman–Crippen MR) is 77.5 cm³/mol. The van der Waals surface area contributed by atoms with Crippen molar-refractivity contribution in [1.29, 1.82) is 0 Å². The van der Waals surface area contributed by atoms with E-state index in [0.29, 0.717) is 0 Å². The third kappa shape index (κ3) is 3.44.